The number of nitrogens with one attached hydrogen (secondary N) is 1. The van der Waals surface area contributed by atoms with Gasteiger partial charge in [-0.25, -0.2) is 4.39 Å². The maximum absolute atomic E-state index is 13.0. The molecule has 2 rings (SSSR count). The molecule has 1 amide bonds. The van der Waals surface area contributed by atoms with Crippen molar-refractivity contribution >= 4 is 5.91 Å². The number of rotatable bonds is 5. The molecule has 1 fully saturated rings. The van der Waals surface area contributed by atoms with E-state index in [9.17, 15) is 9.18 Å². The number of carbonyl (C=O) groups excluding carboxylic acids is 1. The van der Waals surface area contributed by atoms with Crippen LogP contribution in [0.4, 0.5) is 4.39 Å². The summed E-state index contributed by atoms with van der Waals surface area (Å²) in [6, 6.07) is 6.72. The van der Waals surface area contributed by atoms with Gasteiger partial charge in [0.05, 0.1) is 6.61 Å². The first kappa shape index (κ1) is 15.8. The molecule has 0 aromatic heterocycles. The van der Waals surface area contributed by atoms with Crippen molar-refractivity contribution in [2.45, 2.75) is 38.8 Å². The van der Waals surface area contributed by atoms with E-state index >= 15 is 0 Å². The highest BCUT2D eigenvalue weighted by atomic mass is 19.1. The van der Waals surface area contributed by atoms with E-state index in [0.29, 0.717) is 37.3 Å². The van der Waals surface area contributed by atoms with Crippen molar-refractivity contribution in [2.24, 2.45) is 0 Å². The molecule has 1 aromatic carbocycles. The van der Waals surface area contributed by atoms with Crippen LogP contribution in [0.1, 0.15) is 26.7 Å². The van der Waals surface area contributed by atoms with Gasteiger partial charge < -0.3 is 15.0 Å². The summed E-state index contributed by atoms with van der Waals surface area (Å²) in [6.07, 6.45) is 1.11. The average molecular weight is 294 g/mol. The Morgan fingerprint density at radius 1 is 1.38 bits per heavy atom. The lowest BCUT2D eigenvalue weighted by Crippen LogP contribution is -2.55. The van der Waals surface area contributed by atoms with Gasteiger partial charge in [-0.05, 0) is 32.4 Å². The van der Waals surface area contributed by atoms with E-state index in [0.717, 1.165) is 13.1 Å². The van der Waals surface area contributed by atoms with Crippen LogP contribution in [0.2, 0.25) is 0 Å². The van der Waals surface area contributed by atoms with Crippen LogP contribution in [0.25, 0.3) is 0 Å². The average Bonchev–Trinajstić information content (AvgIpc) is 2.42. The van der Waals surface area contributed by atoms with Gasteiger partial charge in [0.1, 0.15) is 11.6 Å². The number of benzene rings is 1. The van der Waals surface area contributed by atoms with Gasteiger partial charge >= 0.3 is 0 Å². The highest BCUT2D eigenvalue weighted by molar-refractivity contribution is 5.76. The zero-order valence-electron chi connectivity index (χ0n) is 12.6. The van der Waals surface area contributed by atoms with Crippen LogP contribution in [-0.4, -0.2) is 42.6 Å². The van der Waals surface area contributed by atoms with Crippen LogP contribution in [0.3, 0.4) is 0 Å². The maximum atomic E-state index is 13.0. The highest BCUT2D eigenvalue weighted by Crippen LogP contribution is 2.13. The fraction of sp³-hybridized carbons (Fsp3) is 0.562. The first-order chi connectivity index (χ1) is 10.0. The lowest BCUT2D eigenvalue weighted by molar-refractivity contribution is -0.133. The Kier molecular flexibility index (Phi) is 5.56. The van der Waals surface area contributed by atoms with Crippen LogP contribution < -0.4 is 10.1 Å². The second-order valence-corrected chi connectivity index (χ2v) is 5.68. The molecule has 1 saturated heterocycles. The number of piperazine rings is 1. The predicted octanol–water partition coefficient (Wildman–Crippen LogP) is 2.19. The fourth-order valence-electron chi connectivity index (χ4n) is 2.66. The second kappa shape index (κ2) is 7.41. The third-order valence-corrected chi connectivity index (χ3v) is 3.51. The third kappa shape index (κ3) is 5.01. The standard InChI is InChI=1S/C16H23FN2O2/c1-12-10-19(11-13(2)18-12)16(20)7-4-8-21-15-6-3-5-14(17)9-15/h3,5-6,9,12-13,18H,4,7-8,10-11H2,1-2H3. The molecule has 1 heterocycles. The van der Waals surface area contributed by atoms with Crippen molar-refractivity contribution in [1.82, 2.24) is 10.2 Å². The van der Waals surface area contributed by atoms with Gasteiger partial charge in [0.2, 0.25) is 5.91 Å². The normalized spacial score (nSPS) is 22.1. The molecule has 21 heavy (non-hydrogen) atoms. The molecule has 1 aliphatic rings. The summed E-state index contributed by atoms with van der Waals surface area (Å²) in [5, 5.41) is 3.40. The summed E-state index contributed by atoms with van der Waals surface area (Å²) < 4.78 is 18.4. The molecule has 4 nitrogen and oxygen atoms in total. The number of nitrogens with zero attached hydrogens (tertiary/aromatic N) is 1. The molecule has 0 bridgehead atoms. The molecule has 5 heteroatoms. The van der Waals surface area contributed by atoms with E-state index in [4.69, 9.17) is 4.74 Å². The molecule has 116 valence electrons. The Labute approximate surface area is 125 Å². The lowest BCUT2D eigenvalue weighted by atomic mass is 10.1. The van der Waals surface area contributed by atoms with Crippen molar-refractivity contribution in [3.05, 3.63) is 30.1 Å². The number of amides is 1. The topological polar surface area (TPSA) is 41.6 Å². The first-order valence-corrected chi connectivity index (χ1v) is 7.47. The number of ether oxygens (including phenoxy) is 1. The van der Waals surface area contributed by atoms with E-state index in [2.05, 4.69) is 19.2 Å². The van der Waals surface area contributed by atoms with Gasteiger partial charge in [-0.1, -0.05) is 6.07 Å². The molecular weight excluding hydrogens is 271 g/mol. The summed E-state index contributed by atoms with van der Waals surface area (Å²) in [6.45, 7) is 6.11. The highest BCUT2D eigenvalue weighted by Gasteiger charge is 2.24. The Morgan fingerprint density at radius 3 is 2.76 bits per heavy atom. The van der Waals surface area contributed by atoms with Gasteiger partial charge in [0, 0.05) is 37.7 Å². The van der Waals surface area contributed by atoms with Crippen molar-refractivity contribution in [3.63, 3.8) is 0 Å². The van der Waals surface area contributed by atoms with Gasteiger partial charge in [-0.3, -0.25) is 4.79 Å². The van der Waals surface area contributed by atoms with Crippen LogP contribution in [0, 0.1) is 5.82 Å². The van der Waals surface area contributed by atoms with Gasteiger partial charge in [-0.15, -0.1) is 0 Å². The van der Waals surface area contributed by atoms with Crippen molar-refractivity contribution in [3.8, 4) is 5.75 Å². The van der Waals surface area contributed by atoms with E-state index in [1.165, 1.54) is 12.1 Å². The summed E-state index contributed by atoms with van der Waals surface area (Å²) in [5.74, 6) is 0.359. The number of halogens is 1. The fourth-order valence-corrected chi connectivity index (χ4v) is 2.66. The maximum Gasteiger partial charge on any atom is 0.222 e. The number of carbonyl (C=O) groups is 1. The van der Waals surface area contributed by atoms with Crippen molar-refractivity contribution in [2.75, 3.05) is 19.7 Å². The Hall–Kier alpha value is -1.62. The predicted molar refractivity (Wildman–Crippen MR) is 79.8 cm³/mol. The minimum atomic E-state index is -0.313. The molecule has 0 saturated carbocycles. The summed E-state index contributed by atoms with van der Waals surface area (Å²) in [7, 11) is 0. The van der Waals surface area contributed by atoms with Gasteiger partial charge in [0.15, 0.2) is 0 Å². The second-order valence-electron chi connectivity index (χ2n) is 5.68. The van der Waals surface area contributed by atoms with E-state index in [1.807, 2.05) is 4.90 Å². The molecule has 1 aliphatic heterocycles. The van der Waals surface area contributed by atoms with Gasteiger partial charge in [0.25, 0.3) is 0 Å². The van der Waals surface area contributed by atoms with E-state index < -0.39 is 0 Å². The quantitative estimate of drug-likeness (QED) is 0.847. The molecule has 1 N–H and O–H groups in total. The van der Waals surface area contributed by atoms with Gasteiger partial charge in [-0.2, -0.15) is 0 Å². The molecule has 1 aromatic rings. The smallest absolute Gasteiger partial charge is 0.222 e. The molecule has 0 radical (unpaired) electrons. The van der Waals surface area contributed by atoms with Crippen LogP contribution in [-0.2, 0) is 4.79 Å². The zero-order chi connectivity index (χ0) is 15.2. The molecule has 0 spiro atoms. The molecule has 2 unspecified atom stereocenters. The third-order valence-electron chi connectivity index (χ3n) is 3.51. The van der Waals surface area contributed by atoms with E-state index in [-0.39, 0.29) is 11.7 Å². The lowest BCUT2D eigenvalue weighted by Gasteiger charge is -2.36. The van der Waals surface area contributed by atoms with Crippen LogP contribution in [0.5, 0.6) is 5.75 Å². The minimum absolute atomic E-state index is 0.165. The zero-order valence-corrected chi connectivity index (χ0v) is 12.6. The van der Waals surface area contributed by atoms with Crippen molar-refractivity contribution in [1.29, 1.82) is 0 Å². The van der Waals surface area contributed by atoms with E-state index in [1.54, 1.807) is 12.1 Å². The largest absolute Gasteiger partial charge is 0.493 e. The minimum Gasteiger partial charge on any atom is -0.493 e. The Bertz CT molecular complexity index is 471. The van der Waals surface area contributed by atoms with Crippen molar-refractivity contribution < 1.29 is 13.9 Å². The van der Waals surface area contributed by atoms with Crippen LogP contribution >= 0.6 is 0 Å². The Morgan fingerprint density at radius 2 is 2.10 bits per heavy atom. The monoisotopic (exact) mass is 294 g/mol. The molecule has 0 aliphatic carbocycles. The first-order valence-electron chi connectivity index (χ1n) is 7.47. The summed E-state index contributed by atoms with van der Waals surface area (Å²) in [4.78, 5) is 14.0. The molecule has 2 atom stereocenters. The Balaban J connectivity index is 1.69. The summed E-state index contributed by atoms with van der Waals surface area (Å²) in [5.41, 5.74) is 0. The SMILES string of the molecule is CC1CN(C(=O)CCCOc2cccc(F)c2)CC(C)N1. The molecular formula is C16H23FN2O2. The number of hydrogen-bond acceptors (Lipinski definition) is 3. The van der Waals surface area contributed by atoms with Crippen LogP contribution in [0.15, 0.2) is 24.3 Å². The summed E-state index contributed by atoms with van der Waals surface area (Å²) >= 11 is 0. The number of hydrogen-bond donors (Lipinski definition) is 1.